The van der Waals surface area contributed by atoms with E-state index in [2.05, 4.69) is 95.0 Å². The molecular weight excluding hydrogens is 388 g/mol. The number of rotatable bonds is 7. The lowest BCUT2D eigenvalue weighted by Crippen LogP contribution is -2.54. The van der Waals surface area contributed by atoms with Crippen molar-refractivity contribution in [1.82, 2.24) is 9.13 Å². The molecule has 1 N–H and O–H groups in total. The van der Waals surface area contributed by atoms with Crippen LogP contribution in [-0.4, -0.2) is 48.2 Å². The Morgan fingerprint density at radius 3 is 2.30 bits per heavy atom. The molecule has 2 aromatic rings. The predicted octanol–water partition coefficient (Wildman–Crippen LogP) is 5.94. The number of nitrogens with zero attached hydrogens (tertiary/aromatic N) is 2. The molecule has 168 valence electrons. The van der Waals surface area contributed by atoms with E-state index >= 15 is 0 Å². The Balaban J connectivity index is 2.14. The molecule has 30 heavy (non-hydrogen) atoms. The molecule has 0 spiro atoms. The number of morpholine rings is 1. The molecule has 1 aromatic heterocycles. The summed E-state index contributed by atoms with van der Waals surface area (Å²) in [5.74, 6) is -1.26. The van der Waals surface area contributed by atoms with Crippen molar-refractivity contribution in [3.05, 3.63) is 36.0 Å². The van der Waals surface area contributed by atoms with Crippen molar-refractivity contribution < 1.29 is 9.84 Å². The first-order valence-corrected chi connectivity index (χ1v) is 14.0. The van der Waals surface area contributed by atoms with Gasteiger partial charge in [-0.1, -0.05) is 60.6 Å². The summed E-state index contributed by atoms with van der Waals surface area (Å²) >= 11 is 0. The second-order valence-corrected chi connectivity index (χ2v) is 15.9. The van der Waals surface area contributed by atoms with Gasteiger partial charge >= 0.3 is 0 Å². The highest BCUT2D eigenvalue weighted by molar-refractivity contribution is 6.82. The van der Waals surface area contributed by atoms with Crippen LogP contribution in [0.1, 0.15) is 67.4 Å². The van der Waals surface area contributed by atoms with Gasteiger partial charge in [0.2, 0.25) is 5.79 Å². The lowest BCUT2D eigenvalue weighted by atomic mass is 9.98. The SMILES string of the molecule is CCCN1CC(O)(c2cccc3c2ccn3[Si](C(C)C)(C(C)C)C(C)C)OCC1C. The summed E-state index contributed by atoms with van der Waals surface area (Å²) in [6.07, 6.45) is 3.37. The topological polar surface area (TPSA) is 37.6 Å². The van der Waals surface area contributed by atoms with E-state index < -0.39 is 14.0 Å². The third kappa shape index (κ3) is 3.68. The van der Waals surface area contributed by atoms with Crippen LogP contribution >= 0.6 is 0 Å². The van der Waals surface area contributed by atoms with Crippen LogP contribution in [0.4, 0.5) is 0 Å². The zero-order valence-corrected chi connectivity index (χ0v) is 21.3. The molecule has 3 rings (SSSR count). The molecule has 1 saturated heterocycles. The Hall–Kier alpha value is -1.14. The van der Waals surface area contributed by atoms with Gasteiger partial charge in [0, 0.05) is 22.5 Å². The molecule has 4 nitrogen and oxygen atoms in total. The highest BCUT2D eigenvalue weighted by Gasteiger charge is 2.46. The van der Waals surface area contributed by atoms with Crippen LogP contribution in [0, 0.1) is 0 Å². The maximum atomic E-state index is 11.6. The van der Waals surface area contributed by atoms with Gasteiger partial charge in [-0.2, -0.15) is 0 Å². The van der Waals surface area contributed by atoms with Crippen molar-refractivity contribution in [2.45, 2.75) is 90.3 Å². The third-order valence-electron chi connectivity index (χ3n) is 7.46. The second kappa shape index (κ2) is 8.77. The fourth-order valence-electron chi connectivity index (χ4n) is 6.27. The number of aromatic nitrogens is 1. The fraction of sp³-hybridized carbons (Fsp3) is 0.680. The van der Waals surface area contributed by atoms with Gasteiger partial charge in [-0.3, -0.25) is 4.90 Å². The van der Waals surface area contributed by atoms with Gasteiger partial charge in [0.05, 0.1) is 13.2 Å². The molecule has 1 aliphatic heterocycles. The average Bonchev–Trinajstić information content (AvgIpc) is 3.09. The molecule has 2 atom stereocenters. The first-order chi connectivity index (χ1) is 14.1. The normalized spacial score (nSPS) is 23.9. The van der Waals surface area contributed by atoms with Gasteiger partial charge in [0.1, 0.15) is 0 Å². The Labute approximate surface area is 184 Å². The van der Waals surface area contributed by atoms with Gasteiger partial charge < -0.3 is 14.1 Å². The molecule has 1 aromatic carbocycles. The summed E-state index contributed by atoms with van der Waals surface area (Å²) in [5.41, 5.74) is 4.00. The molecular formula is C25H42N2O2Si. The lowest BCUT2D eigenvalue weighted by Gasteiger charge is -2.45. The van der Waals surface area contributed by atoms with Crippen LogP contribution in [0.15, 0.2) is 30.5 Å². The third-order valence-corrected chi connectivity index (χ3v) is 14.2. The zero-order valence-electron chi connectivity index (χ0n) is 20.3. The van der Waals surface area contributed by atoms with Gasteiger partial charge in [-0.25, -0.2) is 0 Å². The number of β-amino-alcohol motifs (C(OH)–C–C–N with tert-alkyl or cyclic N) is 1. The molecule has 1 fully saturated rings. The van der Waals surface area contributed by atoms with Crippen LogP contribution in [0.25, 0.3) is 10.9 Å². The summed E-state index contributed by atoms with van der Waals surface area (Å²) in [5, 5.41) is 12.8. The molecule has 5 heteroatoms. The van der Waals surface area contributed by atoms with Crippen LogP contribution in [0.5, 0.6) is 0 Å². The number of fused-ring (bicyclic) bond motifs is 1. The molecule has 0 saturated carbocycles. The van der Waals surface area contributed by atoms with E-state index in [0.717, 1.165) is 23.9 Å². The van der Waals surface area contributed by atoms with Gasteiger partial charge in [0.15, 0.2) is 8.24 Å². The number of hydrogen-bond acceptors (Lipinski definition) is 3. The van der Waals surface area contributed by atoms with E-state index in [-0.39, 0.29) is 0 Å². The number of aliphatic hydroxyl groups is 1. The Kier molecular flexibility index (Phi) is 6.88. The van der Waals surface area contributed by atoms with Gasteiger partial charge in [0.25, 0.3) is 0 Å². The van der Waals surface area contributed by atoms with E-state index in [1.54, 1.807) is 0 Å². The second-order valence-electron chi connectivity index (χ2n) is 10.2. The average molecular weight is 431 g/mol. The standard InChI is InChI=1S/C25H42N2O2Si/c1-9-14-26-17-25(28,29-16-21(26)8)23-11-10-12-24-22(23)13-15-27(24)30(18(2)3,19(4)5)20(6)7/h10-13,15,18-21,28H,9,14,16-17H2,1-8H3. The minimum atomic E-state index is -1.87. The smallest absolute Gasteiger partial charge is 0.206 e. The Morgan fingerprint density at radius 1 is 1.10 bits per heavy atom. The molecule has 2 heterocycles. The van der Waals surface area contributed by atoms with E-state index in [0.29, 0.717) is 35.8 Å². The summed E-state index contributed by atoms with van der Waals surface area (Å²) < 4.78 is 8.72. The molecule has 0 bridgehead atoms. The van der Waals surface area contributed by atoms with Crippen molar-refractivity contribution in [2.75, 3.05) is 19.7 Å². The molecule has 0 radical (unpaired) electrons. The Bertz CT molecular complexity index is 838. The maximum absolute atomic E-state index is 11.6. The number of benzene rings is 1. The fourth-order valence-corrected chi connectivity index (χ4v) is 12.9. The maximum Gasteiger partial charge on any atom is 0.206 e. The van der Waals surface area contributed by atoms with Crippen LogP contribution in [0.2, 0.25) is 16.6 Å². The van der Waals surface area contributed by atoms with Crippen molar-refractivity contribution in [2.24, 2.45) is 0 Å². The zero-order chi connectivity index (χ0) is 22.3. The van der Waals surface area contributed by atoms with Crippen molar-refractivity contribution in [3.63, 3.8) is 0 Å². The van der Waals surface area contributed by atoms with Crippen LogP contribution in [0.3, 0.4) is 0 Å². The molecule has 0 aliphatic carbocycles. The number of ether oxygens (including phenoxy) is 1. The van der Waals surface area contributed by atoms with Gasteiger partial charge in [-0.15, -0.1) is 0 Å². The van der Waals surface area contributed by atoms with Gasteiger partial charge in [-0.05, 0) is 54.8 Å². The molecule has 2 unspecified atom stereocenters. The quantitative estimate of drug-likeness (QED) is 0.552. The molecule has 1 aliphatic rings. The van der Waals surface area contributed by atoms with Crippen LogP contribution in [-0.2, 0) is 10.5 Å². The first-order valence-electron chi connectivity index (χ1n) is 11.8. The van der Waals surface area contributed by atoms with Crippen molar-refractivity contribution in [1.29, 1.82) is 0 Å². The largest absolute Gasteiger partial charge is 0.373 e. The predicted molar refractivity (Wildman–Crippen MR) is 130 cm³/mol. The minimum absolute atomic E-state index is 0.330. The Morgan fingerprint density at radius 2 is 1.73 bits per heavy atom. The van der Waals surface area contributed by atoms with E-state index in [1.807, 2.05) is 0 Å². The lowest BCUT2D eigenvalue weighted by molar-refractivity contribution is -0.258. The summed E-state index contributed by atoms with van der Waals surface area (Å²) in [7, 11) is -1.87. The minimum Gasteiger partial charge on any atom is -0.373 e. The van der Waals surface area contributed by atoms with E-state index in [9.17, 15) is 5.11 Å². The van der Waals surface area contributed by atoms with Crippen molar-refractivity contribution >= 4 is 19.1 Å². The molecule has 0 amide bonds. The highest BCUT2D eigenvalue weighted by atomic mass is 28.3. The number of hydrogen-bond donors (Lipinski definition) is 1. The van der Waals surface area contributed by atoms with E-state index in [1.165, 1.54) is 5.52 Å². The summed E-state index contributed by atoms with van der Waals surface area (Å²) in [4.78, 5) is 2.36. The van der Waals surface area contributed by atoms with E-state index in [4.69, 9.17) is 4.74 Å². The first kappa shape index (κ1) is 23.5. The summed E-state index contributed by atoms with van der Waals surface area (Å²) in [6, 6.07) is 8.92. The highest BCUT2D eigenvalue weighted by Crippen LogP contribution is 2.45. The monoisotopic (exact) mass is 430 g/mol. The van der Waals surface area contributed by atoms with Crippen molar-refractivity contribution in [3.8, 4) is 0 Å². The van der Waals surface area contributed by atoms with Crippen LogP contribution < -0.4 is 0 Å². The summed E-state index contributed by atoms with van der Waals surface area (Å²) in [6.45, 7) is 20.8.